The fourth-order valence-corrected chi connectivity index (χ4v) is 3.78. The molecular formula is C15H20F2N2. The lowest BCUT2D eigenvalue weighted by Gasteiger charge is -2.28. The molecule has 2 N–H and O–H groups in total. The molecule has 2 aliphatic rings. The third kappa shape index (κ3) is 2.28. The van der Waals surface area contributed by atoms with E-state index in [2.05, 4.69) is 4.90 Å². The van der Waals surface area contributed by atoms with Crippen LogP contribution in [0.2, 0.25) is 0 Å². The largest absolute Gasteiger partial charge is 0.329 e. The van der Waals surface area contributed by atoms with Crippen LogP contribution in [0.3, 0.4) is 0 Å². The summed E-state index contributed by atoms with van der Waals surface area (Å²) in [6.07, 6.45) is 3.85. The van der Waals surface area contributed by atoms with Crippen molar-refractivity contribution < 1.29 is 8.78 Å². The SMILES string of the molecule is NCC(c1cccc(F)c1F)N1CC2CCCC2C1. The summed E-state index contributed by atoms with van der Waals surface area (Å²) in [6, 6.07) is 4.18. The fraction of sp³-hybridized carbons (Fsp3) is 0.600. The minimum Gasteiger partial charge on any atom is -0.329 e. The second-order valence-corrected chi connectivity index (χ2v) is 5.80. The first-order valence-corrected chi connectivity index (χ1v) is 7.08. The van der Waals surface area contributed by atoms with Gasteiger partial charge in [0.15, 0.2) is 11.6 Å². The van der Waals surface area contributed by atoms with Crippen molar-refractivity contribution in [2.75, 3.05) is 19.6 Å². The number of hydrogen-bond donors (Lipinski definition) is 1. The molecule has 0 amide bonds. The van der Waals surface area contributed by atoms with Crippen LogP contribution in [0.1, 0.15) is 30.9 Å². The number of benzene rings is 1. The van der Waals surface area contributed by atoms with Crippen molar-refractivity contribution in [2.45, 2.75) is 25.3 Å². The van der Waals surface area contributed by atoms with Crippen molar-refractivity contribution in [3.63, 3.8) is 0 Å². The summed E-state index contributed by atoms with van der Waals surface area (Å²) in [5, 5.41) is 0. The number of nitrogens with zero attached hydrogens (tertiary/aromatic N) is 1. The molecule has 3 atom stereocenters. The molecule has 0 bridgehead atoms. The first-order valence-electron chi connectivity index (χ1n) is 7.08. The Bertz CT molecular complexity index is 451. The average Bonchev–Trinajstić information content (AvgIpc) is 2.96. The maximum Gasteiger partial charge on any atom is 0.163 e. The molecule has 104 valence electrons. The molecule has 1 saturated carbocycles. The summed E-state index contributed by atoms with van der Waals surface area (Å²) in [5.74, 6) is -0.0679. The summed E-state index contributed by atoms with van der Waals surface area (Å²) >= 11 is 0. The number of rotatable bonds is 3. The molecule has 1 heterocycles. The first-order chi connectivity index (χ1) is 9.20. The minimum atomic E-state index is -0.782. The Kier molecular flexibility index (Phi) is 3.54. The lowest BCUT2D eigenvalue weighted by Crippen LogP contribution is -2.33. The summed E-state index contributed by atoms with van der Waals surface area (Å²) in [5.41, 5.74) is 6.23. The van der Waals surface area contributed by atoms with Crippen LogP contribution in [-0.2, 0) is 0 Å². The van der Waals surface area contributed by atoms with Crippen LogP contribution < -0.4 is 5.73 Å². The first kappa shape index (κ1) is 13.0. The maximum absolute atomic E-state index is 13.9. The monoisotopic (exact) mass is 266 g/mol. The Morgan fingerprint density at radius 1 is 1.21 bits per heavy atom. The third-order valence-electron chi connectivity index (χ3n) is 4.76. The van der Waals surface area contributed by atoms with Gasteiger partial charge in [0.25, 0.3) is 0 Å². The lowest BCUT2D eigenvalue weighted by atomic mass is 10.0. The zero-order valence-corrected chi connectivity index (χ0v) is 11.0. The van der Waals surface area contributed by atoms with E-state index in [0.29, 0.717) is 12.1 Å². The van der Waals surface area contributed by atoms with Crippen LogP contribution in [0, 0.1) is 23.5 Å². The zero-order valence-electron chi connectivity index (χ0n) is 11.0. The van der Waals surface area contributed by atoms with Gasteiger partial charge in [-0.25, -0.2) is 8.78 Å². The fourth-order valence-electron chi connectivity index (χ4n) is 3.78. The van der Waals surface area contributed by atoms with Crippen molar-refractivity contribution in [3.05, 3.63) is 35.4 Å². The predicted octanol–water partition coefficient (Wildman–Crippen LogP) is 2.70. The Hall–Kier alpha value is -1.00. The molecule has 0 spiro atoms. The second kappa shape index (κ2) is 5.17. The molecule has 3 rings (SSSR count). The quantitative estimate of drug-likeness (QED) is 0.911. The number of likely N-dealkylation sites (tertiary alicyclic amines) is 1. The topological polar surface area (TPSA) is 29.3 Å². The van der Waals surface area contributed by atoms with Gasteiger partial charge in [0.05, 0.1) is 6.04 Å². The third-order valence-corrected chi connectivity index (χ3v) is 4.76. The Morgan fingerprint density at radius 3 is 2.53 bits per heavy atom. The van der Waals surface area contributed by atoms with Crippen molar-refractivity contribution in [2.24, 2.45) is 17.6 Å². The van der Waals surface area contributed by atoms with Gasteiger partial charge < -0.3 is 5.73 Å². The summed E-state index contributed by atoms with van der Waals surface area (Å²) in [4.78, 5) is 2.24. The van der Waals surface area contributed by atoms with Gasteiger partial charge in [0.2, 0.25) is 0 Å². The van der Waals surface area contributed by atoms with E-state index in [-0.39, 0.29) is 6.04 Å². The number of nitrogens with two attached hydrogens (primary N) is 1. The van der Waals surface area contributed by atoms with E-state index < -0.39 is 11.6 Å². The summed E-state index contributed by atoms with van der Waals surface area (Å²) in [7, 11) is 0. The molecule has 1 saturated heterocycles. The highest BCUT2D eigenvalue weighted by molar-refractivity contribution is 5.23. The van der Waals surface area contributed by atoms with Gasteiger partial charge in [-0.1, -0.05) is 18.6 Å². The lowest BCUT2D eigenvalue weighted by molar-refractivity contribution is 0.226. The average molecular weight is 266 g/mol. The van der Waals surface area contributed by atoms with Crippen molar-refractivity contribution in [1.29, 1.82) is 0 Å². The van der Waals surface area contributed by atoms with Gasteiger partial charge >= 0.3 is 0 Å². The standard InChI is InChI=1S/C15H20F2N2/c16-13-6-2-5-12(15(13)17)14(7-18)19-8-10-3-1-4-11(10)9-19/h2,5-6,10-11,14H,1,3-4,7-9,18H2. The van der Waals surface area contributed by atoms with Crippen LogP contribution in [0.4, 0.5) is 8.78 Å². The minimum absolute atomic E-state index is 0.193. The van der Waals surface area contributed by atoms with Gasteiger partial charge in [-0.3, -0.25) is 4.90 Å². The molecule has 2 nitrogen and oxygen atoms in total. The van der Waals surface area contributed by atoms with Crippen LogP contribution >= 0.6 is 0 Å². The van der Waals surface area contributed by atoms with Gasteiger partial charge in [0, 0.05) is 25.2 Å². The van der Waals surface area contributed by atoms with Crippen molar-refractivity contribution in [3.8, 4) is 0 Å². The normalized spacial score (nSPS) is 28.6. The van der Waals surface area contributed by atoms with E-state index in [1.165, 1.54) is 19.3 Å². The number of hydrogen-bond acceptors (Lipinski definition) is 2. The van der Waals surface area contributed by atoms with E-state index in [0.717, 1.165) is 31.0 Å². The molecule has 0 aromatic heterocycles. The Morgan fingerprint density at radius 2 is 1.89 bits per heavy atom. The van der Waals surface area contributed by atoms with Gasteiger partial charge in [-0.2, -0.15) is 0 Å². The van der Waals surface area contributed by atoms with E-state index in [4.69, 9.17) is 5.73 Å². The molecule has 19 heavy (non-hydrogen) atoms. The van der Waals surface area contributed by atoms with Crippen LogP contribution in [-0.4, -0.2) is 24.5 Å². The van der Waals surface area contributed by atoms with E-state index >= 15 is 0 Å². The Balaban J connectivity index is 1.83. The van der Waals surface area contributed by atoms with E-state index in [9.17, 15) is 8.78 Å². The molecule has 2 fully saturated rings. The predicted molar refractivity (Wildman–Crippen MR) is 70.6 cm³/mol. The summed E-state index contributed by atoms with van der Waals surface area (Å²) < 4.78 is 27.3. The highest BCUT2D eigenvalue weighted by Gasteiger charge is 2.39. The molecule has 1 aliphatic heterocycles. The van der Waals surface area contributed by atoms with Gasteiger partial charge in [-0.15, -0.1) is 0 Å². The molecule has 1 aromatic rings. The Labute approximate surface area is 112 Å². The second-order valence-electron chi connectivity index (χ2n) is 5.80. The maximum atomic E-state index is 13.9. The zero-order chi connectivity index (χ0) is 13.4. The van der Waals surface area contributed by atoms with Gasteiger partial charge in [-0.05, 0) is 30.7 Å². The van der Waals surface area contributed by atoms with E-state index in [1.807, 2.05) is 0 Å². The molecule has 1 aliphatic carbocycles. The van der Waals surface area contributed by atoms with Crippen molar-refractivity contribution >= 4 is 0 Å². The number of fused-ring (bicyclic) bond motifs is 1. The van der Waals surface area contributed by atoms with E-state index in [1.54, 1.807) is 12.1 Å². The highest BCUT2D eigenvalue weighted by Crippen LogP contribution is 2.41. The van der Waals surface area contributed by atoms with Crippen molar-refractivity contribution in [1.82, 2.24) is 4.90 Å². The molecule has 1 aromatic carbocycles. The highest BCUT2D eigenvalue weighted by atomic mass is 19.2. The molecule has 4 heteroatoms. The van der Waals surface area contributed by atoms with Crippen LogP contribution in [0.25, 0.3) is 0 Å². The molecule has 0 radical (unpaired) electrons. The molecule has 3 unspecified atom stereocenters. The van der Waals surface area contributed by atoms with Crippen LogP contribution in [0.5, 0.6) is 0 Å². The molecular weight excluding hydrogens is 246 g/mol. The number of halogens is 2. The van der Waals surface area contributed by atoms with Crippen LogP contribution in [0.15, 0.2) is 18.2 Å². The summed E-state index contributed by atoms with van der Waals surface area (Å²) in [6.45, 7) is 2.28. The van der Waals surface area contributed by atoms with Gasteiger partial charge in [0.1, 0.15) is 0 Å². The smallest absolute Gasteiger partial charge is 0.163 e.